The quantitative estimate of drug-likeness (QED) is 0.576. The van der Waals surface area contributed by atoms with E-state index in [1.165, 1.54) is 32.1 Å². The number of nitrogens with two attached hydrogens (primary N) is 1. The lowest BCUT2D eigenvalue weighted by Crippen LogP contribution is -2.32. The minimum atomic E-state index is -0.0377. The highest BCUT2D eigenvalue weighted by Crippen LogP contribution is 2.30. The van der Waals surface area contributed by atoms with Crippen molar-refractivity contribution in [3.63, 3.8) is 0 Å². The highest BCUT2D eigenvalue weighted by atomic mass is 16.1. The van der Waals surface area contributed by atoms with Crippen LogP contribution in [0.4, 0.5) is 5.69 Å². The van der Waals surface area contributed by atoms with Crippen LogP contribution in [0.2, 0.25) is 0 Å². The fourth-order valence-corrected chi connectivity index (χ4v) is 3.15. The molecular formula is C17H27N3O. The van der Waals surface area contributed by atoms with Crippen molar-refractivity contribution in [3.05, 3.63) is 29.3 Å². The van der Waals surface area contributed by atoms with Gasteiger partial charge in [0.15, 0.2) is 0 Å². The van der Waals surface area contributed by atoms with E-state index < -0.39 is 0 Å². The van der Waals surface area contributed by atoms with Crippen LogP contribution in [0.25, 0.3) is 0 Å². The van der Waals surface area contributed by atoms with Gasteiger partial charge in [0, 0.05) is 6.54 Å². The van der Waals surface area contributed by atoms with Crippen LogP contribution in [-0.4, -0.2) is 12.5 Å². The third-order valence-electron chi connectivity index (χ3n) is 4.67. The van der Waals surface area contributed by atoms with Crippen molar-refractivity contribution >= 4 is 11.6 Å². The first kappa shape index (κ1) is 15.8. The monoisotopic (exact) mass is 289 g/mol. The summed E-state index contributed by atoms with van der Waals surface area (Å²) < 4.78 is 0. The normalized spacial score (nSPS) is 21.9. The summed E-state index contributed by atoms with van der Waals surface area (Å²) in [5, 5.41) is 3.07. The zero-order valence-corrected chi connectivity index (χ0v) is 13.1. The van der Waals surface area contributed by atoms with Crippen molar-refractivity contribution < 1.29 is 4.79 Å². The van der Waals surface area contributed by atoms with E-state index >= 15 is 0 Å². The van der Waals surface area contributed by atoms with Crippen molar-refractivity contribution in [2.75, 3.05) is 12.0 Å². The zero-order chi connectivity index (χ0) is 15.2. The van der Waals surface area contributed by atoms with Crippen molar-refractivity contribution in [2.24, 2.45) is 17.7 Å². The SMILES string of the molecule is CCC1CCC(CNC(=O)c2cc(C)ccc2NN)CC1. The molecule has 4 N–H and O–H groups in total. The Balaban J connectivity index is 1.89. The van der Waals surface area contributed by atoms with Crippen LogP contribution in [0.1, 0.15) is 54.9 Å². The molecule has 21 heavy (non-hydrogen) atoms. The summed E-state index contributed by atoms with van der Waals surface area (Å²) in [5.41, 5.74) is 4.95. The highest BCUT2D eigenvalue weighted by Gasteiger charge is 2.21. The smallest absolute Gasteiger partial charge is 0.253 e. The number of carbonyl (C=O) groups is 1. The van der Waals surface area contributed by atoms with Crippen LogP contribution in [0.15, 0.2) is 18.2 Å². The minimum absolute atomic E-state index is 0.0377. The molecule has 0 heterocycles. The number of amides is 1. The fraction of sp³-hybridized carbons (Fsp3) is 0.588. The standard InChI is InChI=1S/C17H27N3O/c1-3-13-5-7-14(8-6-13)11-19-17(21)15-10-12(2)4-9-16(15)20-18/h4,9-10,13-14,20H,3,5-8,11,18H2,1-2H3,(H,19,21). The van der Waals surface area contributed by atoms with Crippen molar-refractivity contribution in [1.82, 2.24) is 5.32 Å². The van der Waals surface area contributed by atoms with Gasteiger partial charge in [0.1, 0.15) is 0 Å². The molecule has 0 saturated heterocycles. The number of nitrogens with one attached hydrogen (secondary N) is 2. The summed E-state index contributed by atoms with van der Waals surface area (Å²) in [5.74, 6) is 6.95. The molecular weight excluding hydrogens is 262 g/mol. The third-order valence-corrected chi connectivity index (χ3v) is 4.67. The number of hydrazine groups is 1. The number of aryl methyl sites for hydroxylation is 1. The van der Waals surface area contributed by atoms with Gasteiger partial charge in [-0.3, -0.25) is 10.6 Å². The van der Waals surface area contributed by atoms with Crippen LogP contribution < -0.4 is 16.6 Å². The second kappa shape index (κ2) is 7.46. The number of carbonyl (C=O) groups excluding carboxylic acids is 1. The van der Waals surface area contributed by atoms with Crippen molar-refractivity contribution in [1.29, 1.82) is 0 Å². The number of benzene rings is 1. The Bertz CT molecular complexity index is 479. The lowest BCUT2D eigenvalue weighted by Gasteiger charge is -2.27. The molecule has 4 heteroatoms. The maximum absolute atomic E-state index is 12.3. The van der Waals surface area contributed by atoms with Crippen LogP contribution in [0.5, 0.6) is 0 Å². The molecule has 1 aromatic rings. The van der Waals surface area contributed by atoms with Gasteiger partial charge in [-0.2, -0.15) is 0 Å². The molecule has 0 atom stereocenters. The van der Waals surface area contributed by atoms with Crippen molar-refractivity contribution in [3.8, 4) is 0 Å². The van der Waals surface area contributed by atoms with Gasteiger partial charge in [-0.15, -0.1) is 0 Å². The average molecular weight is 289 g/mol. The molecule has 4 nitrogen and oxygen atoms in total. The Morgan fingerprint density at radius 3 is 2.52 bits per heavy atom. The average Bonchev–Trinajstić information content (AvgIpc) is 2.53. The van der Waals surface area contributed by atoms with Crippen molar-refractivity contribution in [2.45, 2.75) is 46.0 Å². The number of hydrogen-bond acceptors (Lipinski definition) is 3. The number of hydrogen-bond donors (Lipinski definition) is 3. The number of rotatable bonds is 5. The van der Waals surface area contributed by atoms with E-state index in [-0.39, 0.29) is 5.91 Å². The summed E-state index contributed by atoms with van der Waals surface area (Å²) in [6.45, 7) is 5.02. The van der Waals surface area contributed by atoms with Gasteiger partial charge >= 0.3 is 0 Å². The van der Waals surface area contributed by atoms with E-state index in [0.29, 0.717) is 17.2 Å². The molecule has 0 radical (unpaired) electrons. The van der Waals surface area contributed by atoms with E-state index in [9.17, 15) is 4.79 Å². The second-order valence-electron chi connectivity index (χ2n) is 6.20. The molecule has 1 aromatic carbocycles. The molecule has 2 rings (SSSR count). The summed E-state index contributed by atoms with van der Waals surface area (Å²) in [6, 6.07) is 5.66. The van der Waals surface area contributed by atoms with E-state index in [0.717, 1.165) is 18.0 Å². The summed E-state index contributed by atoms with van der Waals surface area (Å²) in [7, 11) is 0. The first-order valence-electron chi connectivity index (χ1n) is 7.99. The summed E-state index contributed by atoms with van der Waals surface area (Å²) in [6.07, 6.45) is 6.35. The van der Waals surface area contributed by atoms with E-state index in [2.05, 4.69) is 17.7 Å². The van der Waals surface area contributed by atoms with Gasteiger partial charge in [0.25, 0.3) is 5.91 Å². The second-order valence-corrected chi connectivity index (χ2v) is 6.20. The van der Waals surface area contributed by atoms with Crippen LogP contribution >= 0.6 is 0 Å². The Morgan fingerprint density at radius 1 is 1.24 bits per heavy atom. The van der Waals surface area contributed by atoms with Crippen LogP contribution in [-0.2, 0) is 0 Å². The van der Waals surface area contributed by atoms with E-state index in [1.807, 2.05) is 25.1 Å². The van der Waals surface area contributed by atoms with Gasteiger partial charge in [0.2, 0.25) is 0 Å². The first-order valence-corrected chi connectivity index (χ1v) is 7.99. The fourth-order valence-electron chi connectivity index (χ4n) is 3.15. The highest BCUT2D eigenvalue weighted by molar-refractivity contribution is 5.99. The molecule has 1 aliphatic rings. The van der Waals surface area contributed by atoms with Gasteiger partial charge in [-0.05, 0) is 43.7 Å². The van der Waals surface area contributed by atoms with Crippen LogP contribution in [0, 0.1) is 18.8 Å². The van der Waals surface area contributed by atoms with Gasteiger partial charge in [0.05, 0.1) is 11.3 Å². The molecule has 0 unspecified atom stereocenters. The molecule has 1 amide bonds. The molecule has 116 valence electrons. The maximum Gasteiger partial charge on any atom is 0.253 e. The van der Waals surface area contributed by atoms with Crippen LogP contribution in [0.3, 0.4) is 0 Å². The number of nitrogen functional groups attached to an aromatic ring is 1. The lowest BCUT2D eigenvalue weighted by atomic mass is 9.81. The minimum Gasteiger partial charge on any atom is -0.352 e. The molecule has 1 fully saturated rings. The zero-order valence-electron chi connectivity index (χ0n) is 13.1. The Hall–Kier alpha value is -1.55. The summed E-state index contributed by atoms with van der Waals surface area (Å²) >= 11 is 0. The Morgan fingerprint density at radius 2 is 1.90 bits per heavy atom. The Kier molecular flexibility index (Phi) is 5.62. The van der Waals surface area contributed by atoms with Gasteiger partial charge < -0.3 is 10.7 Å². The van der Waals surface area contributed by atoms with E-state index in [1.54, 1.807) is 0 Å². The van der Waals surface area contributed by atoms with E-state index in [4.69, 9.17) is 5.84 Å². The topological polar surface area (TPSA) is 67.2 Å². The van der Waals surface area contributed by atoms with Gasteiger partial charge in [-0.1, -0.05) is 37.8 Å². The first-order chi connectivity index (χ1) is 10.1. The lowest BCUT2D eigenvalue weighted by molar-refractivity contribution is 0.0942. The summed E-state index contributed by atoms with van der Waals surface area (Å²) in [4.78, 5) is 12.3. The maximum atomic E-state index is 12.3. The molecule has 0 aromatic heterocycles. The van der Waals surface area contributed by atoms with Gasteiger partial charge in [-0.25, -0.2) is 0 Å². The molecule has 0 spiro atoms. The predicted octanol–water partition coefficient (Wildman–Crippen LogP) is 3.23. The molecule has 0 bridgehead atoms. The largest absolute Gasteiger partial charge is 0.352 e. The molecule has 1 saturated carbocycles. The molecule has 1 aliphatic carbocycles. The Labute approximate surface area is 127 Å². The third kappa shape index (κ3) is 4.21. The number of anilines is 1. The molecule has 0 aliphatic heterocycles. The predicted molar refractivity (Wildman–Crippen MR) is 87.1 cm³/mol.